The van der Waals surface area contributed by atoms with Crippen molar-refractivity contribution in [1.82, 2.24) is 20.2 Å². The number of methoxy groups -OCH3 is 1. The first kappa shape index (κ1) is 16.9. The molecule has 0 saturated heterocycles. The fourth-order valence-electron chi connectivity index (χ4n) is 2.86. The Balaban J connectivity index is 1.96. The summed E-state index contributed by atoms with van der Waals surface area (Å²) in [5.74, 6) is -1.87. The highest BCUT2D eigenvalue weighted by molar-refractivity contribution is 5.81. The topological polar surface area (TPSA) is 87.3 Å². The predicted octanol–water partition coefficient (Wildman–Crippen LogP) is 1.52. The molecular formula is C16H16F2N4O3. The molecule has 0 spiro atoms. The van der Waals surface area contributed by atoms with Crippen LogP contribution in [0.1, 0.15) is 23.0 Å². The van der Waals surface area contributed by atoms with Crippen LogP contribution in [0.3, 0.4) is 0 Å². The molecule has 0 bridgehead atoms. The molecule has 1 aliphatic rings. The molecule has 3 rings (SSSR count). The zero-order valence-electron chi connectivity index (χ0n) is 13.4. The predicted molar refractivity (Wildman–Crippen MR) is 82.6 cm³/mol. The zero-order valence-corrected chi connectivity index (χ0v) is 13.4. The summed E-state index contributed by atoms with van der Waals surface area (Å²) < 4.78 is 32.5. The van der Waals surface area contributed by atoms with Gasteiger partial charge in [-0.15, -0.1) is 0 Å². The monoisotopic (exact) mass is 350 g/mol. The highest BCUT2D eigenvalue weighted by atomic mass is 19.1. The van der Waals surface area contributed by atoms with Crippen LogP contribution < -0.4 is 5.32 Å². The minimum Gasteiger partial charge on any atom is -0.468 e. The van der Waals surface area contributed by atoms with Crippen LogP contribution in [0, 0.1) is 11.6 Å². The highest BCUT2D eigenvalue weighted by Gasteiger charge is 2.36. The first-order valence-corrected chi connectivity index (χ1v) is 7.59. The molecule has 1 atom stereocenters. The van der Waals surface area contributed by atoms with Gasteiger partial charge >= 0.3 is 12.0 Å². The number of H-pyrrole nitrogens is 1. The van der Waals surface area contributed by atoms with Gasteiger partial charge < -0.3 is 19.9 Å². The third kappa shape index (κ3) is 3.30. The van der Waals surface area contributed by atoms with Gasteiger partial charge in [0.15, 0.2) is 0 Å². The van der Waals surface area contributed by atoms with E-state index in [9.17, 15) is 18.4 Å². The number of aromatic nitrogens is 2. The lowest BCUT2D eigenvalue weighted by Gasteiger charge is -2.35. The van der Waals surface area contributed by atoms with Gasteiger partial charge in [0.05, 0.1) is 19.1 Å². The number of nitrogens with one attached hydrogen (secondary N) is 2. The number of carbonyl (C=O) groups excluding carboxylic acids is 2. The first-order chi connectivity index (χ1) is 12.0. The van der Waals surface area contributed by atoms with Crippen molar-refractivity contribution in [1.29, 1.82) is 0 Å². The number of amides is 2. The van der Waals surface area contributed by atoms with E-state index in [1.807, 2.05) is 0 Å². The Bertz CT molecular complexity index is 808. The molecule has 0 radical (unpaired) electrons. The van der Waals surface area contributed by atoms with Gasteiger partial charge in [0, 0.05) is 24.2 Å². The third-order valence-corrected chi connectivity index (χ3v) is 4.05. The number of hydrogen-bond acceptors (Lipinski definition) is 4. The number of urea groups is 1. The van der Waals surface area contributed by atoms with E-state index in [0.717, 1.165) is 23.9 Å². The van der Waals surface area contributed by atoms with E-state index in [0.29, 0.717) is 12.1 Å². The maximum Gasteiger partial charge on any atom is 0.325 e. The Labute approximate surface area is 142 Å². The molecule has 2 heterocycles. The minimum atomic E-state index is -0.900. The number of imidazole rings is 1. The Morgan fingerprint density at radius 2 is 2.24 bits per heavy atom. The largest absolute Gasteiger partial charge is 0.468 e. The average molecular weight is 350 g/mol. The van der Waals surface area contributed by atoms with Gasteiger partial charge in [-0.3, -0.25) is 4.79 Å². The molecule has 9 heteroatoms. The lowest BCUT2D eigenvalue weighted by Crippen LogP contribution is -2.47. The quantitative estimate of drug-likeness (QED) is 0.822. The average Bonchev–Trinajstić information content (AvgIpc) is 3.09. The van der Waals surface area contributed by atoms with Crippen LogP contribution in [0.2, 0.25) is 0 Å². The number of carbonyl (C=O) groups is 2. The van der Waals surface area contributed by atoms with Crippen LogP contribution in [0.25, 0.3) is 0 Å². The fourth-order valence-corrected chi connectivity index (χ4v) is 2.86. The van der Waals surface area contributed by atoms with Gasteiger partial charge in [0.1, 0.15) is 24.2 Å². The van der Waals surface area contributed by atoms with Crippen molar-refractivity contribution >= 4 is 12.0 Å². The number of rotatable bonds is 3. The molecule has 0 saturated carbocycles. The van der Waals surface area contributed by atoms with Gasteiger partial charge in [-0.05, 0) is 18.2 Å². The molecule has 0 fully saturated rings. The van der Waals surface area contributed by atoms with E-state index in [1.165, 1.54) is 18.3 Å². The Morgan fingerprint density at radius 1 is 1.44 bits per heavy atom. The molecule has 1 aromatic carbocycles. The number of fused-ring (bicyclic) bond motifs is 1. The maximum absolute atomic E-state index is 14.3. The standard InChI is InChI=1S/C16H16F2N4O3/c1-25-13(23)7-19-16(24)22-5-4-12-14(21-8-20-12)15(22)10-6-9(17)2-3-11(10)18/h2-3,6,8,15H,4-5,7H2,1H3,(H,19,24)(H,20,21)/t15-/m1/s1. The summed E-state index contributed by atoms with van der Waals surface area (Å²) in [4.78, 5) is 32.2. The molecule has 0 aliphatic carbocycles. The van der Waals surface area contributed by atoms with E-state index < -0.39 is 29.7 Å². The molecule has 2 N–H and O–H groups in total. The fraction of sp³-hybridized carbons (Fsp3) is 0.312. The number of hydrogen-bond donors (Lipinski definition) is 2. The number of ether oxygens (including phenoxy) is 1. The van der Waals surface area contributed by atoms with Crippen LogP contribution in [0.4, 0.5) is 13.6 Å². The zero-order chi connectivity index (χ0) is 18.0. The van der Waals surface area contributed by atoms with Gasteiger partial charge in [-0.25, -0.2) is 18.6 Å². The number of halogens is 2. The summed E-state index contributed by atoms with van der Waals surface area (Å²) in [6.07, 6.45) is 1.93. The third-order valence-electron chi connectivity index (χ3n) is 4.05. The van der Waals surface area contributed by atoms with Crippen LogP contribution in [-0.2, 0) is 16.0 Å². The minimum absolute atomic E-state index is 0.00117. The van der Waals surface area contributed by atoms with Crippen molar-refractivity contribution in [2.75, 3.05) is 20.2 Å². The number of esters is 1. The van der Waals surface area contributed by atoms with Gasteiger partial charge in [0.2, 0.25) is 0 Å². The number of benzene rings is 1. The van der Waals surface area contributed by atoms with E-state index in [1.54, 1.807) is 0 Å². The van der Waals surface area contributed by atoms with Crippen LogP contribution in [-0.4, -0.2) is 47.1 Å². The lowest BCUT2D eigenvalue weighted by atomic mass is 9.95. The molecular weight excluding hydrogens is 334 g/mol. The summed E-state index contributed by atoms with van der Waals surface area (Å²) in [6.45, 7) is -0.0690. The van der Waals surface area contributed by atoms with Crippen molar-refractivity contribution in [3.63, 3.8) is 0 Å². The molecule has 25 heavy (non-hydrogen) atoms. The molecule has 7 nitrogen and oxygen atoms in total. The SMILES string of the molecule is COC(=O)CNC(=O)N1CCc2[nH]cnc2[C@H]1c1cc(F)ccc1F. The highest BCUT2D eigenvalue weighted by Crippen LogP contribution is 2.34. The number of aromatic amines is 1. The van der Waals surface area contributed by atoms with Gasteiger partial charge in [-0.2, -0.15) is 0 Å². The molecule has 2 amide bonds. The van der Waals surface area contributed by atoms with E-state index >= 15 is 0 Å². The molecule has 2 aromatic rings. The van der Waals surface area contributed by atoms with Crippen molar-refractivity contribution < 1.29 is 23.1 Å². The number of nitrogens with zero attached hydrogens (tertiary/aromatic N) is 2. The van der Waals surface area contributed by atoms with Crippen LogP contribution in [0.15, 0.2) is 24.5 Å². The van der Waals surface area contributed by atoms with Crippen molar-refractivity contribution in [3.05, 3.63) is 53.1 Å². The first-order valence-electron chi connectivity index (χ1n) is 7.59. The summed E-state index contributed by atoms with van der Waals surface area (Å²) >= 11 is 0. The lowest BCUT2D eigenvalue weighted by molar-refractivity contribution is -0.139. The second-order valence-electron chi connectivity index (χ2n) is 5.51. The smallest absolute Gasteiger partial charge is 0.325 e. The summed E-state index contributed by atoms with van der Waals surface area (Å²) in [5, 5.41) is 2.42. The van der Waals surface area contributed by atoms with Crippen molar-refractivity contribution in [2.45, 2.75) is 12.5 Å². The normalized spacial score (nSPS) is 16.3. The molecule has 132 valence electrons. The van der Waals surface area contributed by atoms with E-state index in [2.05, 4.69) is 20.0 Å². The van der Waals surface area contributed by atoms with Crippen LogP contribution in [0.5, 0.6) is 0 Å². The van der Waals surface area contributed by atoms with Crippen molar-refractivity contribution in [2.24, 2.45) is 0 Å². The molecule has 1 aromatic heterocycles. The Hall–Kier alpha value is -2.97. The summed E-state index contributed by atoms with van der Waals surface area (Å²) in [6, 6.07) is 1.58. The second kappa shape index (κ2) is 6.88. The van der Waals surface area contributed by atoms with Crippen LogP contribution >= 0.6 is 0 Å². The van der Waals surface area contributed by atoms with E-state index in [-0.39, 0.29) is 18.7 Å². The Morgan fingerprint density at radius 3 is 3.00 bits per heavy atom. The summed E-state index contributed by atoms with van der Waals surface area (Å²) in [7, 11) is 1.20. The Kier molecular flexibility index (Phi) is 4.64. The van der Waals surface area contributed by atoms with E-state index in [4.69, 9.17) is 0 Å². The molecule has 1 aliphatic heterocycles. The maximum atomic E-state index is 14.3. The van der Waals surface area contributed by atoms with Crippen molar-refractivity contribution in [3.8, 4) is 0 Å². The van der Waals surface area contributed by atoms with Gasteiger partial charge in [-0.1, -0.05) is 0 Å². The molecule has 0 unspecified atom stereocenters. The second-order valence-corrected chi connectivity index (χ2v) is 5.51. The van der Waals surface area contributed by atoms with Gasteiger partial charge in [0.25, 0.3) is 0 Å². The summed E-state index contributed by atoms with van der Waals surface area (Å²) in [5.41, 5.74) is 1.20.